The van der Waals surface area contributed by atoms with Crippen LogP contribution in [0, 0.1) is 20.8 Å². The van der Waals surface area contributed by atoms with Crippen molar-refractivity contribution in [2.75, 3.05) is 5.32 Å². The number of imidazole rings is 1. The fourth-order valence-corrected chi connectivity index (χ4v) is 5.48. The molecule has 1 N–H and O–H groups in total. The summed E-state index contributed by atoms with van der Waals surface area (Å²) < 4.78 is 4.59. The number of amides is 1. The molecule has 1 aliphatic rings. The summed E-state index contributed by atoms with van der Waals surface area (Å²) in [6.07, 6.45) is 5.36. The number of carbonyl (C=O) groups is 1. The van der Waals surface area contributed by atoms with Crippen molar-refractivity contribution in [3.63, 3.8) is 0 Å². The lowest BCUT2D eigenvalue weighted by atomic mass is 9.97. The Balaban J connectivity index is 1.62. The molecule has 1 aliphatic heterocycles. The van der Waals surface area contributed by atoms with E-state index in [1.807, 2.05) is 30.3 Å². The Bertz CT molecular complexity index is 1590. The van der Waals surface area contributed by atoms with Crippen LogP contribution in [0.25, 0.3) is 28.0 Å². The summed E-state index contributed by atoms with van der Waals surface area (Å²) in [5, 5.41) is 3.16. The van der Waals surface area contributed by atoms with Crippen molar-refractivity contribution in [1.29, 1.82) is 0 Å². The summed E-state index contributed by atoms with van der Waals surface area (Å²) in [5.41, 5.74) is 12.2. The zero-order valence-corrected chi connectivity index (χ0v) is 21.1. The standard InChI is InChI=1S/C32H31N3O/c1-21-12-15-24(16-13-21)29-27-11-7-8-18-34-28(25-17-14-22(2)23(3)19-25)20-35(32(27)34)30(29)31(36)33-26-9-5-4-6-10-26/h4-6,9-10,12-17,19-20H,7-8,11,18H2,1-3H3,(H,33,36). The maximum Gasteiger partial charge on any atom is 0.273 e. The van der Waals surface area contributed by atoms with E-state index in [0.717, 1.165) is 48.3 Å². The first-order valence-corrected chi connectivity index (χ1v) is 12.8. The smallest absolute Gasteiger partial charge is 0.273 e. The molecular weight excluding hydrogens is 442 g/mol. The fourth-order valence-electron chi connectivity index (χ4n) is 5.48. The summed E-state index contributed by atoms with van der Waals surface area (Å²) in [6, 6.07) is 25.0. The summed E-state index contributed by atoms with van der Waals surface area (Å²) >= 11 is 0. The van der Waals surface area contributed by atoms with Gasteiger partial charge in [0, 0.05) is 29.6 Å². The molecule has 3 aromatic carbocycles. The van der Waals surface area contributed by atoms with E-state index in [-0.39, 0.29) is 5.91 Å². The zero-order chi connectivity index (χ0) is 24.8. The Labute approximate surface area is 212 Å². The number of rotatable bonds is 4. The van der Waals surface area contributed by atoms with Crippen LogP contribution in [0.4, 0.5) is 5.69 Å². The summed E-state index contributed by atoms with van der Waals surface area (Å²) in [7, 11) is 0. The van der Waals surface area contributed by atoms with Gasteiger partial charge in [-0.25, -0.2) is 0 Å². The van der Waals surface area contributed by atoms with Crippen LogP contribution < -0.4 is 5.32 Å². The average Bonchev–Trinajstić information content (AvgIpc) is 3.30. The third-order valence-corrected chi connectivity index (χ3v) is 7.52. The monoisotopic (exact) mass is 473 g/mol. The van der Waals surface area contributed by atoms with Gasteiger partial charge in [0.2, 0.25) is 0 Å². The second kappa shape index (κ2) is 8.87. The van der Waals surface area contributed by atoms with Gasteiger partial charge in [-0.3, -0.25) is 9.20 Å². The highest BCUT2D eigenvalue weighted by molar-refractivity contribution is 6.10. The second-order valence-electron chi connectivity index (χ2n) is 10.0. The maximum atomic E-state index is 13.9. The molecule has 6 rings (SSSR count). The highest BCUT2D eigenvalue weighted by Gasteiger charge is 2.29. The lowest BCUT2D eigenvalue weighted by Crippen LogP contribution is -2.15. The number of aryl methyl sites for hydroxylation is 5. The van der Waals surface area contributed by atoms with Gasteiger partial charge >= 0.3 is 0 Å². The third kappa shape index (κ3) is 3.74. The molecule has 0 aliphatic carbocycles. The van der Waals surface area contributed by atoms with Gasteiger partial charge in [0.05, 0.1) is 5.69 Å². The van der Waals surface area contributed by atoms with Crippen LogP contribution in [-0.2, 0) is 13.0 Å². The lowest BCUT2D eigenvalue weighted by Gasteiger charge is -2.11. The summed E-state index contributed by atoms with van der Waals surface area (Å²) in [5.74, 6) is -0.0811. The van der Waals surface area contributed by atoms with Crippen molar-refractivity contribution in [3.8, 4) is 22.4 Å². The van der Waals surface area contributed by atoms with Gasteiger partial charge in [0.25, 0.3) is 5.91 Å². The molecule has 0 bridgehead atoms. The molecule has 0 atom stereocenters. The molecule has 0 spiro atoms. The molecule has 0 saturated carbocycles. The van der Waals surface area contributed by atoms with E-state index in [9.17, 15) is 4.79 Å². The van der Waals surface area contributed by atoms with Crippen LogP contribution in [0.1, 0.15) is 45.6 Å². The minimum Gasteiger partial charge on any atom is -0.325 e. The van der Waals surface area contributed by atoms with E-state index in [1.54, 1.807) is 0 Å². The molecule has 4 heteroatoms. The largest absolute Gasteiger partial charge is 0.325 e. The number of hydrogen-bond acceptors (Lipinski definition) is 1. The Morgan fingerprint density at radius 3 is 2.33 bits per heavy atom. The van der Waals surface area contributed by atoms with Crippen LogP contribution in [-0.4, -0.2) is 14.9 Å². The highest BCUT2D eigenvalue weighted by atomic mass is 16.1. The lowest BCUT2D eigenvalue weighted by molar-refractivity contribution is 0.102. The van der Waals surface area contributed by atoms with Gasteiger partial charge in [0.1, 0.15) is 11.3 Å². The van der Waals surface area contributed by atoms with Gasteiger partial charge in [-0.2, -0.15) is 0 Å². The van der Waals surface area contributed by atoms with Crippen molar-refractivity contribution >= 4 is 17.2 Å². The van der Waals surface area contributed by atoms with E-state index in [0.29, 0.717) is 5.69 Å². The van der Waals surface area contributed by atoms with Crippen LogP contribution in [0.3, 0.4) is 0 Å². The van der Waals surface area contributed by atoms with Gasteiger partial charge in [-0.15, -0.1) is 0 Å². The molecule has 0 fully saturated rings. The molecular formula is C32H31N3O. The SMILES string of the molecule is Cc1ccc(-c2c3c4n(c(-c5ccc(C)c(C)c5)cn4c2C(=O)Nc2ccccc2)CCCC3)cc1. The van der Waals surface area contributed by atoms with E-state index in [4.69, 9.17) is 0 Å². The first kappa shape index (κ1) is 22.4. The number of anilines is 1. The van der Waals surface area contributed by atoms with Crippen molar-refractivity contribution < 1.29 is 4.79 Å². The van der Waals surface area contributed by atoms with Crippen molar-refractivity contribution in [2.24, 2.45) is 0 Å². The molecule has 180 valence electrons. The molecule has 36 heavy (non-hydrogen) atoms. The number of nitrogens with zero attached hydrogens (tertiary/aromatic N) is 2. The number of nitrogens with one attached hydrogen (secondary N) is 1. The molecule has 0 saturated heterocycles. The number of para-hydroxylation sites is 1. The first-order chi connectivity index (χ1) is 17.5. The van der Waals surface area contributed by atoms with Gasteiger partial charge in [-0.1, -0.05) is 60.2 Å². The first-order valence-electron chi connectivity index (χ1n) is 12.8. The van der Waals surface area contributed by atoms with Crippen LogP contribution in [0.2, 0.25) is 0 Å². The zero-order valence-electron chi connectivity index (χ0n) is 21.1. The van der Waals surface area contributed by atoms with Crippen molar-refractivity contribution in [1.82, 2.24) is 8.97 Å². The van der Waals surface area contributed by atoms with Crippen molar-refractivity contribution in [2.45, 2.75) is 46.6 Å². The Kier molecular flexibility index (Phi) is 5.52. The Hall–Kier alpha value is -4.05. The van der Waals surface area contributed by atoms with E-state index < -0.39 is 0 Å². The summed E-state index contributed by atoms with van der Waals surface area (Å²) in [6.45, 7) is 7.36. The van der Waals surface area contributed by atoms with E-state index in [2.05, 4.69) is 83.7 Å². The number of benzene rings is 3. The number of aromatic nitrogens is 2. The van der Waals surface area contributed by atoms with E-state index in [1.165, 1.54) is 33.5 Å². The normalized spacial score (nSPS) is 13.1. The third-order valence-electron chi connectivity index (χ3n) is 7.52. The van der Waals surface area contributed by atoms with Crippen molar-refractivity contribution in [3.05, 3.63) is 107 Å². The van der Waals surface area contributed by atoms with Gasteiger partial charge < -0.3 is 9.88 Å². The minimum atomic E-state index is -0.0811. The van der Waals surface area contributed by atoms with Gasteiger partial charge in [0.15, 0.2) is 0 Å². The molecule has 4 nitrogen and oxygen atoms in total. The number of carbonyl (C=O) groups excluding carboxylic acids is 1. The van der Waals surface area contributed by atoms with Crippen LogP contribution in [0.15, 0.2) is 79.0 Å². The van der Waals surface area contributed by atoms with Crippen LogP contribution in [0.5, 0.6) is 0 Å². The van der Waals surface area contributed by atoms with E-state index >= 15 is 0 Å². The molecule has 5 aromatic rings. The minimum absolute atomic E-state index is 0.0811. The Morgan fingerprint density at radius 2 is 1.58 bits per heavy atom. The molecule has 1 amide bonds. The van der Waals surface area contributed by atoms with Gasteiger partial charge in [-0.05, 0) is 80.5 Å². The quantitative estimate of drug-likeness (QED) is 0.287. The second-order valence-corrected chi connectivity index (χ2v) is 10.0. The number of hydrogen-bond donors (Lipinski definition) is 1. The van der Waals surface area contributed by atoms with Crippen LogP contribution >= 0.6 is 0 Å². The molecule has 2 aromatic heterocycles. The topological polar surface area (TPSA) is 38.4 Å². The maximum absolute atomic E-state index is 13.9. The molecule has 0 radical (unpaired) electrons. The molecule has 0 unspecified atom stereocenters. The predicted molar refractivity (Wildman–Crippen MR) is 148 cm³/mol. The fraction of sp³-hybridized carbons (Fsp3) is 0.219. The highest BCUT2D eigenvalue weighted by Crippen LogP contribution is 2.40. The predicted octanol–water partition coefficient (Wildman–Crippen LogP) is 7.59. The average molecular weight is 474 g/mol. The molecule has 3 heterocycles. The Morgan fingerprint density at radius 1 is 0.833 bits per heavy atom. The summed E-state index contributed by atoms with van der Waals surface area (Å²) in [4.78, 5) is 13.9.